The molecule has 1 N–H and O–H groups in total. The lowest BCUT2D eigenvalue weighted by molar-refractivity contribution is 0.0600. The van der Waals surface area contributed by atoms with E-state index in [9.17, 15) is 4.79 Å². The van der Waals surface area contributed by atoms with Gasteiger partial charge in [-0.15, -0.1) is 11.3 Å². The van der Waals surface area contributed by atoms with E-state index in [-0.39, 0.29) is 5.97 Å². The van der Waals surface area contributed by atoms with Crippen molar-refractivity contribution in [2.24, 2.45) is 0 Å². The first-order chi connectivity index (χ1) is 14.6. The van der Waals surface area contributed by atoms with Crippen molar-refractivity contribution in [3.63, 3.8) is 0 Å². The van der Waals surface area contributed by atoms with E-state index in [1.54, 1.807) is 25.6 Å². The second kappa shape index (κ2) is 8.79. The highest BCUT2D eigenvalue weighted by atomic mass is 32.1. The molecule has 0 unspecified atom stereocenters. The molecule has 3 aromatic rings. The zero-order chi connectivity index (χ0) is 21.3. The predicted octanol–water partition coefficient (Wildman–Crippen LogP) is 4.67. The highest BCUT2D eigenvalue weighted by Crippen LogP contribution is 2.42. The predicted molar refractivity (Wildman–Crippen MR) is 121 cm³/mol. The lowest BCUT2D eigenvalue weighted by Crippen LogP contribution is -2.30. The van der Waals surface area contributed by atoms with Crippen molar-refractivity contribution < 1.29 is 19.0 Å². The van der Waals surface area contributed by atoms with E-state index >= 15 is 0 Å². The molecule has 7 nitrogen and oxygen atoms in total. The minimum Gasteiger partial charge on any atom is -0.497 e. The van der Waals surface area contributed by atoms with E-state index in [0.717, 1.165) is 53.3 Å². The van der Waals surface area contributed by atoms with Crippen LogP contribution in [0.15, 0.2) is 12.1 Å². The standard InChI is InChI=1S/C21H25N3O4S2/c1-5-7-24-8-6-13-16(11-24)29-19(17(13)20(25)28-4)23-21-22-18-14(27-3)9-12(26-2)10-15(18)30-21/h9-10H,5-8,11H2,1-4H3,(H,22,23). The summed E-state index contributed by atoms with van der Waals surface area (Å²) in [5.74, 6) is 1.06. The normalized spacial score (nSPS) is 13.9. The number of anilines is 2. The lowest BCUT2D eigenvalue weighted by atomic mass is 10.0. The molecule has 3 heterocycles. The molecule has 0 atom stereocenters. The Bertz CT molecular complexity index is 1080. The molecule has 0 saturated carbocycles. The zero-order valence-corrected chi connectivity index (χ0v) is 19.2. The Labute approximate surface area is 183 Å². The molecular formula is C21H25N3O4S2. The van der Waals surface area contributed by atoms with Crippen LogP contribution in [0.1, 0.15) is 34.1 Å². The molecule has 1 aliphatic rings. The van der Waals surface area contributed by atoms with Gasteiger partial charge in [-0.05, 0) is 31.0 Å². The SMILES string of the molecule is CCCN1CCc2c(sc(Nc3nc4c(OC)cc(OC)cc4s3)c2C(=O)OC)C1. The maximum Gasteiger partial charge on any atom is 0.341 e. The average molecular weight is 448 g/mol. The van der Waals surface area contributed by atoms with Gasteiger partial charge in [-0.1, -0.05) is 18.3 Å². The molecule has 0 bridgehead atoms. The van der Waals surface area contributed by atoms with Crippen LogP contribution >= 0.6 is 22.7 Å². The van der Waals surface area contributed by atoms with Gasteiger partial charge in [0.25, 0.3) is 0 Å². The Morgan fingerprint density at radius 3 is 2.77 bits per heavy atom. The van der Waals surface area contributed by atoms with Gasteiger partial charge in [0, 0.05) is 24.0 Å². The summed E-state index contributed by atoms with van der Waals surface area (Å²) in [5.41, 5.74) is 2.50. The van der Waals surface area contributed by atoms with E-state index in [0.29, 0.717) is 22.2 Å². The highest BCUT2D eigenvalue weighted by molar-refractivity contribution is 7.23. The summed E-state index contributed by atoms with van der Waals surface area (Å²) in [4.78, 5) is 20.9. The number of fused-ring (bicyclic) bond motifs is 2. The molecule has 4 rings (SSSR count). The van der Waals surface area contributed by atoms with E-state index in [1.807, 2.05) is 12.1 Å². The van der Waals surface area contributed by atoms with Gasteiger partial charge in [0.05, 0.1) is 31.6 Å². The molecule has 0 aliphatic carbocycles. The smallest absolute Gasteiger partial charge is 0.341 e. The van der Waals surface area contributed by atoms with Crippen LogP contribution in [0.4, 0.5) is 10.1 Å². The minimum absolute atomic E-state index is 0.306. The van der Waals surface area contributed by atoms with Crippen molar-refractivity contribution in [1.82, 2.24) is 9.88 Å². The molecule has 0 fully saturated rings. The number of carbonyl (C=O) groups is 1. The largest absolute Gasteiger partial charge is 0.497 e. The van der Waals surface area contributed by atoms with Crippen LogP contribution < -0.4 is 14.8 Å². The molecular weight excluding hydrogens is 422 g/mol. The fraction of sp³-hybridized carbons (Fsp3) is 0.429. The fourth-order valence-corrected chi connectivity index (χ4v) is 6.03. The van der Waals surface area contributed by atoms with Crippen molar-refractivity contribution in [1.29, 1.82) is 0 Å². The molecule has 1 aliphatic heterocycles. The van der Waals surface area contributed by atoms with E-state index in [1.165, 1.54) is 23.3 Å². The zero-order valence-electron chi connectivity index (χ0n) is 17.5. The van der Waals surface area contributed by atoms with Crippen LogP contribution in [0.3, 0.4) is 0 Å². The summed E-state index contributed by atoms with van der Waals surface area (Å²) in [7, 11) is 4.67. The molecule has 2 aromatic heterocycles. The highest BCUT2D eigenvalue weighted by Gasteiger charge is 2.29. The molecule has 1 aromatic carbocycles. The van der Waals surface area contributed by atoms with Crippen molar-refractivity contribution in [3.8, 4) is 11.5 Å². The minimum atomic E-state index is -0.306. The van der Waals surface area contributed by atoms with Crippen molar-refractivity contribution in [2.75, 3.05) is 39.7 Å². The van der Waals surface area contributed by atoms with E-state index in [4.69, 9.17) is 19.2 Å². The number of ether oxygens (including phenoxy) is 3. The van der Waals surface area contributed by atoms with Crippen molar-refractivity contribution >= 4 is 49.0 Å². The summed E-state index contributed by atoms with van der Waals surface area (Å²) >= 11 is 3.11. The first-order valence-electron chi connectivity index (χ1n) is 9.82. The van der Waals surface area contributed by atoms with Crippen LogP contribution in [-0.4, -0.2) is 50.3 Å². The number of nitrogens with one attached hydrogen (secondary N) is 1. The number of thiophene rings is 1. The Balaban J connectivity index is 1.71. The van der Waals surface area contributed by atoms with Crippen LogP contribution in [0.5, 0.6) is 11.5 Å². The van der Waals surface area contributed by atoms with Crippen molar-refractivity contribution in [3.05, 3.63) is 28.1 Å². The third kappa shape index (κ3) is 3.84. The number of hydrogen-bond acceptors (Lipinski definition) is 9. The number of carbonyl (C=O) groups excluding carboxylic acids is 1. The number of aromatic nitrogens is 1. The molecule has 9 heteroatoms. The van der Waals surface area contributed by atoms with Gasteiger partial charge in [-0.2, -0.15) is 0 Å². The molecule has 160 valence electrons. The van der Waals surface area contributed by atoms with Gasteiger partial charge in [-0.3, -0.25) is 4.90 Å². The first kappa shape index (κ1) is 20.9. The number of hydrogen-bond donors (Lipinski definition) is 1. The lowest BCUT2D eigenvalue weighted by Gasteiger charge is -2.26. The van der Waals surface area contributed by atoms with Gasteiger partial charge in [0.1, 0.15) is 22.0 Å². The van der Waals surface area contributed by atoms with Gasteiger partial charge in [0.2, 0.25) is 0 Å². The Hall–Kier alpha value is -2.36. The molecule has 0 spiro atoms. The fourth-order valence-electron chi connectivity index (χ4n) is 3.77. The van der Waals surface area contributed by atoms with E-state index in [2.05, 4.69) is 17.1 Å². The molecule has 0 amide bonds. The van der Waals surface area contributed by atoms with Crippen LogP contribution in [-0.2, 0) is 17.7 Å². The Morgan fingerprint density at radius 2 is 2.07 bits per heavy atom. The summed E-state index contributed by atoms with van der Waals surface area (Å²) < 4.78 is 16.9. The number of rotatable bonds is 7. The van der Waals surface area contributed by atoms with Crippen LogP contribution in [0.2, 0.25) is 0 Å². The van der Waals surface area contributed by atoms with Crippen molar-refractivity contribution in [2.45, 2.75) is 26.3 Å². The summed E-state index contributed by atoms with van der Waals surface area (Å²) in [5, 5.41) is 4.87. The second-order valence-corrected chi connectivity index (χ2v) is 9.18. The summed E-state index contributed by atoms with van der Waals surface area (Å²) in [6.45, 7) is 5.07. The second-order valence-electron chi connectivity index (χ2n) is 7.05. The molecule has 0 saturated heterocycles. The first-order valence-corrected chi connectivity index (χ1v) is 11.5. The maximum absolute atomic E-state index is 12.6. The number of esters is 1. The summed E-state index contributed by atoms with van der Waals surface area (Å²) in [6.07, 6.45) is 1.97. The van der Waals surface area contributed by atoms with Gasteiger partial charge >= 0.3 is 5.97 Å². The monoisotopic (exact) mass is 447 g/mol. The maximum atomic E-state index is 12.6. The average Bonchev–Trinajstić information content (AvgIpc) is 3.32. The number of thiazole rings is 1. The number of methoxy groups -OCH3 is 3. The topological polar surface area (TPSA) is 72.9 Å². The number of nitrogens with zero attached hydrogens (tertiary/aromatic N) is 2. The van der Waals surface area contributed by atoms with Crippen LogP contribution in [0.25, 0.3) is 10.2 Å². The van der Waals surface area contributed by atoms with Crippen LogP contribution in [0, 0.1) is 0 Å². The molecule has 0 radical (unpaired) electrons. The van der Waals surface area contributed by atoms with Gasteiger partial charge < -0.3 is 19.5 Å². The number of benzene rings is 1. The summed E-state index contributed by atoms with van der Waals surface area (Å²) in [6, 6.07) is 3.75. The van der Waals surface area contributed by atoms with Gasteiger partial charge in [-0.25, -0.2) is 9.78 Å². The molecule has 30 heavy (non-hydrogen) atoms. The van der Waals surface area contributed by atoms with E-state index < -0.39 is 0 Å². The quantitative estimate of drug-likeness (QED) is 0.528. The Kier molecular flexibility index (Phi) is 6.12. The Morgan fingerprint density at radius 1 is 1.23 bits per heavy atom. The van der Waals surface area contributed by atoms with Gasteiger partial charge in [0.15, 0.2) is 5.13 Å². The third-order valence-electron chi connectivity index (χ3n) is 5.17. The third-order valence-corrected chi connectivity index (χ3v) is 7.22.